The lowest BCUT2D eigenvalue weighted by atomic mass is 9.81. The molecule has 1 saturated carbocycles. The fourth-order valence-electron chi connectivity index (χ4n) is 5.81. The molecule has 7 nitrogen and oxygen atoms in total. The zero-order valence-electron chi connectivity index (χ0n) is 23.3. The molecule has 1 aliphatic carbocycles. The molecule has 1 aliphatic rings. The van der Waals surface area contributed by atoms with Crippen molar-refractivity contribution in [3.63, 3.8) is 0 Å². The van der Waals surface area contributed by atoms with Crippen LogP contribution in [0.5, 0.6) is 0 Å². The number of fused-ring (bicyclic) bond motifs is 1. The molecule has 2 aromatic heterocycles. The van der Waals surface area contributed by atoms with E-state index in [0.717, 1.165) is 59.0 Å². The summed E-state index contributed by atoms with van der Waals surface area (Å²) in [7, 11) is 0. The summed E-state index contributed by atoms with van der Waals surface area (Å²) in [4.78, 5) is 35.2. The van der Waals surface area contributed by atoms with Crippen LogP contribution in [0.4, 0.5) is 4.79 Å². The molecule has 0 aliphatic heterocycles. The first-order valence-electron chi connectivity index (χ1n) is 14.2. The second-order valence-electron chi connectivity index (χ2n) is 11.2. The Kier molecular flexibility index (Phi) is 8.48. The van der Waals surface area contributed by atoms with E-state index in [4.69, 9.17) is 4.74 Å². The monoisotopic (exact) mass is 538 g/mol. The van der Waals surface area contributed by atoms with Crippen LogP contribution in [-0.4, -0.2) is 27.5 Å². The predicted molar refractivity (Wildman–Crippen MR) is 157 cm³/mol. The van der Waals surface area contributed by atoms with Crippen LogP contribution in [0.15, 0.2) is 79.1 Å². The van der Waals surface area contributed by atoms with E-state index in [-0.39, 0.29) is 18.6 Å². The van der Waals surface area contributed by atoms with Crippen LogP contribution in [0, 0.1) is 12.8 Å². The van der Waals surface area contributed by atoms with Crippen LogP contribution in [0.25, 0.3) is 10.9 Å². The van der Waals surface area contributed by atoms with Gasteiger partial charge in [0, 0.05) is 29.7 Å². The zero-order valence-corrected chi connectivity index (χ0v) is 23.3. The van der Waals surface area contributed by atoms with Gasteiger partial charge < -0.3 is 20.4 Å². The van der Waals surface area contributed by atoms with E-state index in [1.54, 1.807) is 13.1 Å². The third kappa shape index (κ3) is 6.53. The number of aromatic amines is 1. The standard InChI is InChI=1S/C33H38N4O3/c1-23-11-10-12-24(19-23)22-40-32(39)37-33(2,20-26-21-35-28-16-7-6-15-27(26)28)31(38)36-30(25-13-4-3-5-14-25)29-17-8-9-18-34-29/h6-12,15-19,21,25,30,35H,3-5,13-14,20,22H2,1-2H3,(H,36,38)(H,37,39)/t30?,33-/m0/s1. The first-order valence-corrected chi connectivity index (χ1v) is 14.2. The van der Waals surface area contributed by atoms with Gasteiger partial charge in [-0.3, -0.25) is 9.78 Å². The van der Waals surface area contributed by atoms with Gasteiger partial charge in [-0.1, -0.05) is 73.4 Å². The summed E-state index contributed by atoms with van der Waals surface area (Å²) in [5.74, 6) is 0.0322. The van der Waals surface area contributed by atoms with Crippen molar-refractivity contribution in [2.45, 2.75) is 70.6 Å². The Bertz CT molecular complexity index is 1440. The van der Waals surface area contributed by atoms with Gasteiger partial charge in [0.1, 0.15) is 12.1 Å². The van der Waals surface area contributed by atoms with E-state index in [2.05, 4.69) is 20.6 Å². The maximum absolute atomic E-state index is 14.2. The average Bonchev–Trinajstić information content (AvgIpc) is 3.38. The van der Waals surface area contributed by atoms with E-state index in [1.165, 1.54) is 6.42 Å². The lowest BCUT2D eigenvalue weighted by Crippen LogP contribution is -2.59. The molecule has 1 unspecified atom stereocenters. The average molecular weight is 539 g/mol. The molecule has 208 valence electrons. The Morgan fingerprint density at radius 2 is 1.85 bits per heavy atom. The van der Waals surface area contributed by atoms with Crippen molar-refractivity contribution in [3.8, 4) is 0 Å². The van der Waals surface area contributed by atoms with Crippen molar-refractivity contribution in [1.29, 1.82) is 0 Å². The number of hydrogen-bond acceptors (Lipinski definition) is 4. The van der Waals surface area contributed by atoms with Crippen molar-refractivity contribution in [3.05, 3.63) is 102 Å². The molecule has 0 saturated heterocycles. The molecule has 2 aromatic carbocycles. The first-order chi connectivity index (χ1) is 19.4. The van der Waals surface area contributed by atoms with Crippen molar-refractivity contribution in [1.82, 2.24) is 20.6 Å². The van der Waals surface area contributed by atoms with Gasteiger partial charge in [-0.25, -0.2) is 4.79 Å². The molecule has 3 N–H and O–H groups in total. The molecule has 0 spiro atoms. The van der Waals surface area contributed by atoms with Gasteiger partial charge in [-0.2, -0.15) is 0 Å². The number of benzene rings is 2. The summed E-state index contributed by atoms with van der Waals surface area (Å²) in [5.41, 5.74) is 3.49. The molecule has 5 rings (SSSR count). The Balaban J connectivity index is 1.40. The smallest absolute Gasteiger partial charge is 0.408 e. The quantitative estimate of drug-likeness (QED) is 0.226. The van der Waals surface area contributed by atoms with E-state index >= 15 is 0 Å². The van der Waals surface area contributed by atoms with Gasteiger partial charge >= 0.3 is 6.09 Å². The maximum atomic E-state index is 14.2. The summed E-state index contributed by atoms with van der Waals surface area (Å²) in [6.07, 6.45) is 8.90. The number of ether oxygens (including phenoxy) is 1. The number of alkyl carbamates (subject to hydrolysis) is 1. The second kappa shape index (κ2) is 12.4. The molecule has 2 amide bonds. The highest BCUT2D eigenvalue weighted by molar-refractivity contribution is 5.91. The summed E-state index contributed by atoms with van der Waals surface area (Å²) in [6.45, 7) is 3.89. The summed E-state index contributed by atoms with van der Waals surface area (Å²) in [5, 5.41) is 7.26. The topological polar surface area (TPSA) is 96.1 Å². The van der Waals surface area contributed by atoms with Crippen molar-refractivity contribution in [2.75, 3.05) is 0 Å². The van der Waals surface area contributed by atoms with Crippen LogP contribution in [0.1, 0.15) is 67.5 Å². The number of para-hydroxylation sites is 1. The van der Waals surface area contributed by atoms with Gasteiger partial charge in [-0.05, 0) is 61.9 Å². The van der Waals surface area contributed by atoms with Crippen LogP contribution < -0.4 is 10.6 Å². The van der Waals surface area contributed by atoms with Crippen molar-refractivity contribution >= 4 is 22.9 Å². The second-order valence-corrected chi connectivity index (χ2v) is 11.2. The molecule has 0 radical (unpaired) electrons. The third-order valence-corrected chi connectivity index (χ3v) is 7.96. The minimum atomic E-state index is -1.27. The van der Waals surface area contributed by atoms with Crippen molar-refractivity contribution in [2.24, 2.45) is 5.92 Å². The molecule has 0 bridgehead atoms. The number of H-pyrrole nitrogens is 1. The number of carbonyl (C=O) groups excluding carboxylic acids is 2. The van der Waals surface area contributed by atoms with Crippen LogP contribution in [-0.2, 0) is 22.6 Å². The fraction of sp³-hybridized carbons (Fsp3) is 0.364. The SMILES string of the molecule is Cc1cccc(COC(=O)N[C@@](C)(Cc2c[nH]c3ccccc23)C(=O)NC(c2ccccn2)C2CCCCC2)c1. The fourth-order valence-corrected chi connectivity index (χ4v) is 5.81. The molecule has 40 heavy (non-hydrogen) atoms. The number of aromatic nitrogens is 2. The molecule has 1 fully saturated rings. The zero-order chi connectivity index (χ0) is 28.0. The lowest BCUT2D eigenvalue weighted by molar-refractivity contribution is -0.128. The molecule has 2 heterocycles. The van der Waals surface area contributed by atoms with Crippen LogP contribution in [0.2, 0.25) is 0 Å². The number of aryl methyl sites for hydroxylation is 1. The number of rotatable bonds is 9. The highest BCUT2D eigenvalue weighted by Crippen LogP contribution is 2.34. The van der Waals surface area contributed by atoms with Gasteiger partial charge in [0.25, 0.3) is 0 Å². The number of amides is 2. The lowest BCUT2D eigenvalue weighted by Gasteiger charge is -2.35. The number of nitrogens with zero attached hydrogens (tertiary/aromatic N) is 1. The summed E-state index contributed by atoms with van der Waals surface area (Å²) >= 11 is 0. The minimum Gasteiger partial charge on any atom is -0.445 e. The number of nitrogens with one attached hydrogen (secondary N) is 3. The number of carbonyl (C=O) groups is 2. The van der Waals surface area contributed by atoms with Gasteiger partial charge in [0.15, 0.2) is 0 Å². The summed E-state index contributed by atoms with van der Waals surface area (Å²) in [6, 6.07) is 21.4. The molecule has 4 aromatic rings. The largest absolute Gasteiger partial charge is 0.445 e. The van der Waals surface area contributed by atoms with E-state index in [0.29, 0.717) is 12.3 Å². The Morgan fingerprint density at radius 3 is 2.62 bits per heavy atom. The molecular formula is C33H38N4O3. The van der Waals surface area contributed by atoms with Crippen LogP contribution in [0.3, 0.4) is 0 Å². The normalized spacial score (nSPS) is 16.1. The van der Waals surface area contributed by atoms with E-state index < -0.39 is 11.6 Å². The van der Waals surface area contributed by atoms with E-state index in [1.807, 2.05) is 79.9 Å². The molecule has 7 heteroatoms. The van der Waals surface area contributed by atoms with Crippen LogP contribution >= 0.6 is 0 Å². The minimum absolute atomic E-state index is 0.122. The maximum Gasteiger partial charge on any atom is 0.408 e. The Labute approximate surface area is 235 Å². The summed E-state index contributed by atoms with van der Waals surface area (Å²) < 4.78 is 5.59. The molecule has 2 atom stereocenters. The number of hydrogen-bond donors (Lipinski definition) is 3. The van der Waals surface area contributed by atoms with Crippen molar-refractivity contribution < 1.29 is 14.3 Å². The number of pyridine rings is 1. The predicted octanol–water partition coefficient (Wildman–Crippen LogP) is 6.54. The van der Waals surface area contributed by atoms with Gasteiger partial charge in [0.2, 0.25) is 5.91 Å². The Hall–Kier alpha value is -4.13. The highest BCUT2D eigenvalue weighted by Gasteiger charge is 2.39. The van der Waals surface area contributed by atoms with E-state index in [9.17, 15) is 9.59 Å². The highest BCUT2D eigenvalue weighted by atomic mass is 16.5. The van der Waals surface area contributed by atoms with Gasteiger partial charge in [0.05, 0.1) is 11.7 Å². The van der Waals surface area contributed by atoms with Gasteiger partial charge in [-0.15, -0.1) is 0 Å². The first kappa shape index (κ1) is 27.4. The third-order valence-electron chi connectivity index (χ3n) is 7.96. The Morgan fingerprint density at radius 1 is 1.05 bits per heavy atom. The molecular weight excluding hydrogens is 500 g/mol.